The van der Waals surface area contributed by atoms with Gasteiger partial charge in [0.25, 0.3) is 0 Å². The number of para-hydroxylation sites is 1. The molecule has 0 aromatic heterocycles. The Morgan fingerprint density at radius 1 is 1.19 bits per heavy atom. The van der Waals surface area contributed by atoms with E-state index in [2.05, 4.69) is 26.2 Å². The summed E-state index contributed by atoms with van der Waals surface area (Å²) in [5.41, 5.74) is 0.211. The van der Waals surface area contributed by atoms with Crippen LogP contribution in [0.4, 0.5) is 5.69 Å². The van der Waals surface area contributed by atoms with Gasteiger partial charge in [-0.2, -0.15) is 0 Å². The molecule has 0 heterocycles. The average Bonchev–Trinajstić information content (AvgIpc) is 2.68. The summed E-state index contributed by atoms with van der Waals surface area (Å²) >= 11 is 4.74. The van der Waals surface area contributed by atoms with Gasteiger partial charge in [0.15, 0.2) is 0 Å². The number of methoxy groups -OCH3 is 1. The van der Waals surface area contributed by atoms with E-state index < -0.39 is 5.97 Å². The standard InChI is InChI=1S/C19H19BrN2O4S/c1-3-26-19(24)18(22-21-15-6-4-5-7-17(15)25-2)16(23)12-27-14-10-8-13(20)9-11-14/h4-11,23H,3,12H2,1-2H3/b18-16-,22-21?. The molecule has 6 nitrogen and oxygen atoms in total. The molecule has 8 heteroatoms. The number of benzene rings is 2. The SMILES string of the molecule is CCOC(=O)/C(N=Nc1ccccc1OC)=C(/O)CSc1ccc(Br)cc1. The summed E-state index contributed by atoms with van der Waals surface area (Å²) in [6.45, 7) is 1.85. The van der Waals surface area contributed by atoms with Gasteiger partial charge in [0.1, 0.15) is 17.2 Å². The van der Waals surface area contributed by atoms with Crippen molar-refractivity contribution >= 4 is 39.3 Å². The Morgan fingerprint density at radius 2 is 1.89 bits per heavy atom. The lowest BCUT2D eigenvalue weighted by Crippen LogP contribution is -2.09. The number of aliphatic hydroxyl groups excluding tert-OH is 1. The number of ether oxygens (including phenoxy) is 2. The third kappa shape index (κ3) is 6.41. The third-order valence-corrected chi connectivity index (χ3v) is 4.83. The molecule has 0 atom stereocenters. The highest BCUT2D eigenvalue weighted by Crippen LogP contribution is 2.28. The molecule has 2 aromatic rings. The van der Waals surface area contributed by atoms with E-state index in [1.807, 2.05) is 24.3 Å². The molecule has 0 fully saturated rings. The fourth-order valence-electron chi connectivity index (χ4n) is 1.98. The number of esters is 1. The van der Waals surface area contributed by atoms with Crippen LogP contribution in [0.1, 0.15) is 6.92 Å². The molecule has 0 amide bonds. The number of hydrogen-bond donors (Lipinski definition) is 1. The zero-order valence-corrected chi connectivity index (χ0v) is 17.3. The third-order valence-electron chi connectivity index (χ3n) is 3.27. The maximum Gasteiger partial charge on any atom is 0.362 e. The van der Waals surface area contributed by atoms with Crippen LogP contribution < -0.4 is 4.74 Å². The van der Waals surface area contributed by atoms with Gasteiger partial charge in [-0.05, 0) is 43.3 Å². The number of hydrogen-bond acceptors (Lipinski definition) is 7. The number of carbonyl (C=O) groups is 1. The fraction of sp³-hybridized carbons (Fsp3) is 0.211. The largest absolute Gasteiger partial charge is 0.509 e. The van der Waals surface area contributed by atoms with Gasteiger partial charge < -0.3 is 14.6 Å². The van der Waals surface area contributed by atoms with E-state index in [0.29, 0.717) is 11.4 Å². The van der Waals surface area contributed by atoms with Gasteiger partial charge >= 0.3 is 5.97 Å². The zero-order chi connectivity index (χ0) is 19.6. The van der Waals surface area contributed by atoms with Crippen molar-refractivity contribution in [3.8, 4) is 5.75 Å². The van der Waals surface area contributed by atoms with Gasteiger partial charge in [-0.25, -0.2) is 4.79 Å². The lowest BCUT2D eigenvalue weighted by Gasteiger charge is -2.07. The molecule has 0 aliphatic heterocycles. The molecule has 0 unspecified atom stereocenters. The number of nitrogens with zero attached hydrogens (tertiary/aromatic N) is 2. The van der Waals surface area contributed by atoms with Crippen molar-refractivity contribution in [1.29, 1.82) is 0 Å². The zero-order valence-electron chi connectivity index (χ0n) is 14.9. The monoisotopic (exact) mass is 450 g/mol. The summed E-state index contributed by atoms with van der Waals surface area (Å²) < 4.78 is 11.1. The van der Waals surface area contributed by atoms with Crippen LogP contribution in [-0.4, -0.2) is 30.5 Å². The van der Waals surface area contributed by atoms with E-state index in [4.69, 9.17) is 9.47 Å². The Kier molecular flexibility index (Phi) is 8.35. The first-order chi connectivity index (χ1) is 13.0. The highest BCUT2D eigenvalue weighted by atomic mass is 79.9. The van der Waals surface area contributed by atoms with Gasteiger partial charge in [-0.1, -0.05) is 28.1 Å². The minimum Gasteiger partial charge on any atom is -0.509 e. The first-order valence-corrected chi connectivity index (χ1v) is 9.85. The van der Waals surface area contributed by atoms with Crippen LogP contribution in [-0.2, 0) is 9.53 Å². The minimum atomic E-state index is -0.731. The Balaban J connectivity index is 2.23. The van der Waals surface area contributed by atoms with Crippen molar-refractivity contribution < 1.29 is 19.4 Å². The van der Waals surface area contributed by atoms with Crippen molar-refractivity contribution in [3.05, 3.63) is 64.5 Å². The lowest BCUT2D eigenvalue weighted by molar-refractivity contribution is -0.138. The van der Waals surface area contributed by atoms with E-state index >= 15 is 0 Å². The van der Waals surface area contributed by atoms with Gasteiger partial charge in [0, 0.05) is 9.37 Å². The molecule has 0 saturated carbocycles. The second kappa shape index (κ2) is 10.7. The molecule has 1 N–H and O–H groups in total. The smallest absolute Gasteiger partial charge is 0.362 e. The van der Waals surface area contributed by atoms with Gasteiger partial charge in [0.05, 0.1) is 19.5 Å². The lowest BCUT2D eigenvalue weighted by atomic mass is 10.3. The van der Waals surface area contributed by atoms with Crippen molar-refractivity contribution in [2.24, 2.45) is 10.2 Å². The number of aliphatic hydroxyl groups is 1. The number of thioether (sulfide) groups is 1. The summed E-state index contributed by atoms with van der Waals surface area (Å²) in [5, 5.41) is 18.4. The summed E-state index contributed by atoms with van der Waals surface area (Å²) in [6, 6.07) is 14.6. The molecule has 2 aromatic carbocycles. The predicted octanol–water partition coefficient (Wildman–Crippen LogP) is 5.67. The number of carbonyl (C=O) groups excluding carboxylic acids is 1. The molecule has 0 aliphatic rings. The maximum atomic E-state index is 12.2. The molecule has 0 aliphatic carbocycles. The molecular formula is C19H19BrN2O4S. The van der Waals surface area contributed by atoms with Gasteiger partial charge in [-0.3, -0.25) is 0 Å². The van der Waals surface area contributed by atoms with Crippen LogP contribution in [0.5, 0.6) is 5.75 Å². The number of halogens is 1. The van der Waals surface area contributed by atoms with Crippen molar-refractivity contribution in [2.45, 2.75) is 11.8 Å². The van der Waals surface area contributed by atoms with Gasteiger partial charge in [0.2, 0.25) is 5.70 Å². The average molecular weight is 451 g/mol. The normalized spacial score (nSPS) is 12.0. The Bertz CT molecular complexity index is 838. The Hall–Kier alpha value is -2.32. The Labute approximate surface area is 170 Å². The topological polar surface area (TPSA) is 80.5 Å². The van der Waals surface area contributed by atoms with E-state index in [-0.39, 0.29) is 23.8 Å². The fourth-order valence-corrected chi connectivity index (χ4v) is 3.02. The van der Waals surface area contributed by atoms with Gasteiger partial charge in [-0.15, -0.1) is 22.0 Å². The highest BCUT2D eigenvalue weighted by Gasteiger charge is 2.17. The Morgan fingerprint density at radius 3 is 2.56 bits per heavy atom. The number of rotatable bonds is 8. The molecule has 0 bridgehead atoms. The van der Waals surface area contributed by atoms with Crippen LogP contribution in [0, 0.1) is 0 Å². The van der Waals surface area contributed by atoms with E-state index in [1.165, 1.54) is 18.9 Å². The molecule has 2 rings (SSSR count). The maximum absolute atomic E-state index is 12.2. The van der Waals surface area contributed by atoms with Crippen LogP contribution in [0.3, 0.4) is 0 Å². The van der Waals surface area contributed by atoms with E-state index in [0.717, 1.165) is 9.37 Å². The molecule has 0 saturated heterocycles. The molecule has 27 heavy (non-hydrogen) atoms. The van der Waals surface area contributed by atoms with Crippen LogP contribution in [0.25, 0.3) is 0 Å². The summed E-state index contributed by atoms with van der Waals surface area (Å²) in [7, 11) is 1.52. The van der Waals surface area contributed by atoms with Crippen LogP contribution >= 0.6 is 27.7 Å². The molecule has 142 valence electrons. The van der Waals surface area contributed by atoms with Crippen molar-refractivity contribution in [2.75, 3.05) is 19.5 Å². The first kappa shape index (κ1) is 21.0. The van der Waals surface area contributed by atoms with Crippen LogP contribution in [0.15, 0.2) is 79.6 Å². The number of azo groups is 1. The molecule has 0 radical (unpaired) electrons. The summed E-state index contributed by atoms with van der Waals surface area (Å²) in [5.74, 6) is -0.279. The summed E-state index contributed by atoms with van der Waals surface area (Å²) in [4.78, 5) is 13.1. The van der Waals surface area contributed by atoms with Crippen molar-refractivity contribution in [1.82, 2.24) is 0 Å². The predicted molar refractivity (Wildman–Crippen MR) is 109 cm³/mol. The second-order valence-corrected chi connectivity index (χ2v) is 7.09. The first-order valence-electron chi connectivity index (χ1n) is 8.07. The molecule has 0 spiro atoms. The van der Waals surface area contributed by atoms with Crippen LogP contribution in [0.2, 0.25) is 0 Å². The quantitative estimate of drug-likeness (QED) is 0.184. The van der Waals surface area contributed by atoms with E-state index in [1.54, 1.807) is 31.2 Å². The van der Waals surface area contributed by atoms with E-state index in [9.17, 15) is 9.90 Å². The second-order valence-electron chi connectivity index (χ2n) is 5.13. The molecular weight excluding hydrogens is 432 g/mol. The minimum absolute atomic E-state index is 0.153. The van der Waals surface area contributed by atoms with Crippen molar-refractivity contribution in [3.63, 3.8) is 0 Å². The summed E-state index contributed by atoms with van der Waals surface area (Å²) in [6.07, 6.45) is 0. The highest BCUT2D eigenvalue weighted by molar-refractivity contribution is 9.10.